The van der Waals surface area contributed by atoms with Crippen LogP contribution in [0.2, 0.25) is 5.02 Å². The maximum absolute atomic E-state index is 12.3. The molecule has 2 heterocycles. The monoisotopic (exact) mass is 447 g/mol. The molecule has 4 rings (SSSR count). The summed E-state index contributed by atoms with van der Waals surface area (Å²) in [6.07, 6.45) is 6.54. The maximum Gasteiger partial charge on any atom is 0.223 e. The normalized spacial score (nSPS) is 18.5. The minimum absolute atomic E-state index is 0.245. The quantitative estimate of drug-likeness (QED) is 0.702. The molecule has 0 unspecified atom stereocenters. The minimum atomic E-state index is 0.245. The molecule has 2 aromatic rings. The van der Waals surface area contributed by atoms with Crippen molar-refractivity contribution in [2.75, 3.05) is 44.2 Å². The van der Waals surface area contributed by atoms with E-state index in [9.17, 15) is 4.79 Å². The van der Waals surface area contributed by atoms with Crippen molar-refractivity contribution in [3.8, 4) is 0 Å². The Morgan fingerprint density at radius 2 is 1.83 bits per heavy atom. The number of nitrogens with zero attached hydrogens (tertiary/aromatic N) is 4. The average molecular weight is 448 g/mol. The topological polar surface area (TPSA) is 61.4 Å². The Kier molecular flexibility index (Phi) is 7.57. The second-order valence-corrected chi connectivity index (χ2v) is 9.42. The standard InChI is InChI=1S/C22H30ClN5OS/c23-19-8-6-17(7-9-19)16-20-25-22(30-26-20)28-14-12-27(13-15-28)11-10-24-21(29)18-4-2-1-3-5-18/h6-9,18H,1-5,10-16H2,(H,24,29). The van der Waals surface area contributed by atoms with Gasteiger partial charge in [0.2, 0.25) is 11.0 Å². The largest absolute Gasteiger partial charge is 0.355 e. The number of halogens is 1. The molecule has 0 atom stereocenters. The first-order valence-electron chi connectivity index (χ1n) is 11.0. The number of anilines is 1. The molecule has 1 amide bonds. The molecule has 2 fully saturated rings. The van der Waals surface area contributed by atoms with Gasteiger partial charge in [0, 0.05) is 68.2 Å². The Bertz CT molecular complexity index is 813. The lowest BCUT2D eigenvalue weighted by Crippen LogP contribution is -2.48. The van der Waals surface area contributed by atoms with Gasteiger partial charge in [-0.3, -0.25) is 9.69 Å². The summed E-state index contributed by atoms with van der Waals surface area (Å²) in [7, 11) is 0. The number of carbonyl (C=O) groups excluding carboxylic acids is 1. The van der Waals surface area contributed by atoms with E-state index in [1.165, 1.54) is 36.4 Å². The van der Waals surface area contributed by atoms with Gasteiger partial charge in [0.25, 0.3) is 0 Å². The Hall–Kier alpha value is -1.70. The third kappa shape index (κ3) is 5.93. The van der Waals surface area contributed by atoms with Gasteiger partial charge in [-0.15, -0.1) is 0 Å². The first kappa shape index (κ1) is 21.5. The van der Waals surface area contributed by atoms with E-state index in [0.717, 1.165) is 74.5 Å². The Balaban J connectivity index is 1.18. The molecule has 1 aromatic heterocycles. The van der Waals surface area contributed by atoms with Gasteiger partial charge in [0.05, 0.1) is 0 Å². The zero-order valence-electron chi connectivity index (χ0n) is 17.4. The van der Waals surface area contributed by atoms with E-state index in [4.69, 9.17) is 16.6 Å². The van der Waals surface area contributed by atoms with E-state index < -0.39 is 0 Å². The van der Waals surface area contributed by atoms with Crippen LogP contribution in [-0.2, 0) is 11.2 Å². The smallest absolute Gasteiger partial charge is 0.223 e. The highest BCUT2D eigenvalue weighted by atomic mass is 35.5. The third-order valence-electron chi connectivity index (χ3n) is 6.08. The van der Waals surface area contributed by atoms with Crippen molar-refractivity contribution >= 4 is 34.2 Å². The summed E-state index contributed by atoms with van der Waals surface area (Å²) in [6, 6.07) is 7.85. The number of piperazine rings is 1. The first-order valence-corrected chi connectivity index (χ1v) is 12.1. The number of hydrogen-bond donors (Lipinski definition) is 1. The highest BCUT2D eigenvalue weighted by Gasteiger charge is 2.22. The molecule has 1 aliphatic heterocycles. The number of amides is 1. The number of benzene rings is 1. The second-order valence-electron chi connectivity index (χ2n) is 8.25. The van der Waals surface area contributed by atoms with E-state index >= 15 is 0 Å². The van der Waals surface area contributed by atoms with Crippen LogP contribution in [-0.4, -0.2) is 59.4 Å². The summed E-state index contributed by atoms with van der Waals surface area (Å²) in [5, 5.41) is 4.90. The van der Waals surface area contributed by atoms with Gasteiger partial charge >= 0.3 is 0 Å². The zero-order chi connectivity index (χ0) is 20.8. The van der Waals surface area contributed by atoms with Crippen molar-refractivity contribution in [2.45, 2.75) is 38.5 Å². The Morgan fingerprint density at radius 3 is 2.57 bits per heavy atom. The van der Waals surface area contributed by atoms with Crippen LogP contribution >= 0.6 is 23.1 Å². The minimum Gasteiger partial charge on any atom is -0.355 e. The average Bonchev–Trinajstić information content (AvgIpc) is 3.25. The van der Waals surface area contributed by atoms with Gasteiger partial charge in [-0.1, -0.05) is 43.0 Å². The van der Waals surface area contributed by atoms with Gasteiger partial charge in [-0.25, -0.2) is 4.98 Å². The Morgan fingerprint density at radius 1 is 1.10 bits per heavy atom. The van der Waals surface area contributed by atoms with Gasteiger partial charge < -0.3 is 10.2 Å². The van der Waals surface area contributed by atoms with Crippen LogP contribution in [0.5, 0.6) is 0 Å². The fourth-order valence-corrected chi connectivity index (χ4v) is 5.10. The highest BCUT2D eigenvalue weighted by molar-refractivity contribution is 7.09. The highest BCUT2D eigenvalue weighted by Crippen LogP contribution is 2.24. The molecule has 30 heavy (non-hydrogen) atoms. The summed E-state index contributed by atoms with van der Waals surface area (Å²) in [4.78, 5) is 21.8. The molecule has 1 saturated heterocycles. The van der Waals surface area contributed by atoms with E-state index in [2.05, 4.69) is 19.5 Å². The van der Waals surface area contributed by atoms with Crippen LogP contribution in [0.25, 0.3) is 0 Å². The van der Waals surface area contributed by atoms with Gasteiger partial charge in [0.1, 0.15) is 5.82 Å². The molecule has 162 valence electrons. The van der Waals surface area contributed by atoms with Crippen LogP contribution in [0.3, 0.4) is 0 Å². The van der Waals surface area contributed by atoms with E-state index in [1.54, 1.807) is 0 Å². The number of nitrogens with one attached hydrogen (secondary N) is 1. The SMILES string of the molecule is O=C(NCCN1CCN(c2nc(Cc3ccc(Cl)cc3)ns2)CC1)C1CCCCC1. The van der Waals surface area contributed by atoms with Crippen LogP contribution in [0.4, 0.5) is 5.13 Å². The van der Waals surface area contributed by atoms with E-state index in [-0.39, 0.29) is 11.8 Å². The summed E-state index contributed by atoms with van der Waals surface area (Å²) in [5.74, 6) is 1.37. The molecule has 0 radical (unpaired) electrons. The van der Waals surface area contributed by atoms with Crippen molar-refractivity contribution in [3.63, 3.8) is 0 Å². The summed E-state index contributed by atoms with van der Waals surface area (Å²) >= 11 is 7.43. The van der Waals surface area contributed by atoms with Crippen molar-refractivity contribution in [3.05, 3.63) is 40.7 Å². The summed E-state index contributed by atoms with van der Waals surface area (Å²) in [5.41, 5.74) is 1.17. The molecule has 6 nitrogen and oxygen atoms in total. The fraction of sp³-hybridized carbons (Fsp3) is 0.591. The van der Waals surface area contributed by atoms with Gasteiger partial charge in [-0.05, 0) is 30.5 Å². The fourth-order valence-electron chi connectivity index (χ4n) is 4.24. The Labute approximate surface area is 187 Å². The summed E-state index contributed by atoms with van der Waals surface area (Å²) in [6.45, 7) is 5.55. The molecule has 0 spiro atoms. The zero-order valence-corrected chi connectivity index (χ0v) is 18.9. The van der Waals surface area contributed by atoms with Gasteiger partial charge in [0.15, 0.2) is 0 Å². The third-order valence-corrected chi connectivity index (χ3v) is 7.15. The molecular weight excluding hydrogens is 418 g/mol. The van der Waals surface area contributed by atoms with Crippen LogP contribution in [0, 0.1) is 5.92 Å². The second kappa shape index (κ2) is 10.6. The van der Waals surface area contributed by atoms with Gasteiger partial charge in [-0.2, -0.15) is 4.37 Å². The molecule has 1 saturated carbocycles. The van der Waals surface area contributed by atoms with Crippen molar-refractivity contribution in [2.24, 2.45) is 5.92 Å². The van der Waals surface area contributed by atoms with Crippen LogP contribution < -0.4 is 10.2 Å². The number of rotatable bonds is 7. The lowest BCUT2D eigenvalue weighted by molar-refractivity contribution is -0.125. The lowest BCUT2D eigenvalue weighted by Gasteiger charge is -2.34. The molecule has 2 aliphatic rings. The molecule has 1 N–H and O–H groups in total. The number of hydrogen-bond acceptors (Lipinski definition) is 6. The molecule has 0 bridgehead atoms. The molecule has 1 aliphatic carbocycles. The predicted molar refractivity (Wildman–Crippen MR) is 122 cm³/mol. The van der Waals surface area contributed by atoms with Crippen molar-refractivity contribution in [1.82, 2.24) is 19.6 Å². The molecule has 1 aromatic carbocycles. The lowest BCUT2D eigenvalue weighted by atomic mass is 9.89. The van der Waals surface area contributed by atoms with Crippen molar-refractivity contribution < 1.29 is 4.79 Å². The molecular formula is C22H30ClN5OS. The first-order chi connectivity index (χ1) is 14.7. The summed E-state index contributed by atoms with van der Waals surface area (Å²) < 4.78 is 4.54. The number of aromatic nitrogens is 2. The van der Waals surface area contributed by atoms with Crippen molar-refractivity contribution in [1.29, 1.82) is 0 Å². The van der Waals surface area contributed by atoms with E-state index in [0.29, 0.717) is 0 Å². The van der Waals surface area contributed by atoms with Crippen LogP contribution in [0.1, 0.15) is 43.5 Å². The number of carbonyl (C=O) groups is 1. The maximum atomic E-state index is 12.3. The van der Waals surface area contributed by atoms with Crippen LogP contribution in [0.15, 0.2) is 24.3 Å². The molecule has 8 heteroatoms. The van der Waals surface area contributed by atoms with E-state index in [1.807, 2.05) is 24.3 Å². The predicted octanol–water partition coefficient (Wildman–Crippen LogP) is 3.60.